The van der Waals surface area contributed by atoms with Gasteiger partial charge in [-0.3, -0.25) is 9.10 Å². The summed E-state index contributed by atoms with van der Waals surface area (Å²) in [5, 5.41) is 4.02. The summed E-state index contributed by atoms with van der Waals surface area (Å²) in [6.45, 7) is 1.11. The van der Waals surface area contributed by atoms with Crippen molar-refractivity contribution in [3.8, 4) is 11.5 Å². The molecule has 0 bridgehead atoms. The Bertz CT molecular complexity index is 1260. The van der Waals surface area contributed by atoms with E-state index in [1.54, 1.807) is 48.5 Å². The van der Waals surface area contributed by atoms with Crippen LogP contribution in [0.5, 0.6) is 11.5 Å². The monoisotopic (exact) mass is 465 g/mol. The molecule has 0 spiro atoms. The number of anilines is 1. The summed E-state index contributed by atoms with van der Waals surface area (Å²) in [5.41, 5.74) is 4.92. The molecule has 33 heavy (non-hydrogen) atoms. The summed E-state index contributed by atoms with van der Waals surface area (Å²) in [6.07, 6.45) is 2.67. The molecule has 8 nitrogen and oxygen atoms in total. The van der Waals surface area contributed by atoms with Crippen molar-refractivity contribution in [2.45, 2.75) is 6.54 Å². The highest BCUT2D eigenvalue weighted by Gasteiger charge is 2.18. The maximum absolute atomic E-state index is 12.5. The number of sulfonamides is 1. The maximum Gasteiger partial charge on any atom is 0.271 e. The molecule has 9 heteroatoms. The summed E-state index contributed by atoms with van der Waals surface area (Å²) in [4.78, 5) is 12.5. The van der Waals surface area contributed by atoms with Crippen molar-refractivity contribution >= 4 is 27.8 Å². The zero-order chi connectivity index (χ0) is 23.3. The number of nitrogens with one attached hydrogen (secondary N) is 1. The fourth-order valence-electron chi connectivity index (χ4n) is 3.34. The lowest BCUT2D eigenvalue weighted by molar-refractivity contribution is 0.0955. The molecule has 0 unspecified atom stereocenters. The Morgan fingerprint density at radius 2 is 1.73 bits per heavy atom. The molecular weight excluding hydrogens is 442 g/mol. The van der Waals surface area contributed by atoms with Gasteiger partial charge in [-0.1, -0.05) is 36.4 Å². The van der Waals surface area contributed by atoms with Gasteiger partial charge in [0.2, 0.25) is 10.0 Å². The van der Waals surface area contributed by atoms with E-state index < -0.39 is 10.0 Å². The van der Waals surface area contributed by atoms with E-state index in [9.17, 15) is 13.2 Å². The van der Waals surface area contributed by atoms with E-state index in [0.29, 0.717) is 41.5 Å². The zero-order valence-electron chi connectivity index (χ0n) is 18.0. The van der Waals surface area contributed by atoms with Crippen molar-refractivity contribution in [3.05, 3.63) is 89.5 Å². The van der Waals surface area contributed by atoms with Crippen LogP contribution in [0.3, 0.4) is 0 Å². The minimum absolute atomic E-state index is 0.157. The molecular formula is C24H23N3O5S. The highest BCUT2D eigenvalue weighted by molar-refractivity contribution is 7.92. The van der Waals surface area contributed by atoms with Crippen molar-refractivity contribution in [1.82, 2.24) is 5.43 Å². The van der Waals surface area contributed by atoms with Crippen molar-refractivity contribution in [3.63, 3.8) is 0 Å². The zero-order valence-corrected chi connectivity index (χ0v) is 18.8. The van der Waals surface area contributed by atoms with Crippen LogP contribution in [0.25, 0.3) is 0 Å². The van der Waals surface area contributed by atoms with Crippen LogP contribution in [0, 0.1) is 0 Å². The molecule has 0 radical (unpaired) electrons. The Labute approximate surface area is 192 Å². The lowest BCUT2D eigenvalue weighted by atomic mass is 10.1. The number of rotatable bonds is 7. The lowest BCUT2D eigenvalue weighted by Gasteiger charge is -2.22. The van der Waals surface area contributed by atoms with Gasteiger partial charge in [-0.25, -0.2) is 13.8 Å². The number of carbonyl (C=O) groups is 1. The number of hydrazone groups is 1. The molecule has 1 heterocycles. The van der Waals surface area contributed by atoms with Crippen LogP contribution in [0.4, 0.5) is 5.69 Å². The number of hydrogen-bond acceptors (Lipinski definition) is 6. The fraction of sp³-hybridized carbons (Fsp3) is 0.167. The average Bonchev–Trinajstić information content (AvgIpc) is 2.83. The molecule has 0 saturated heterocycles. The van der Waals surface area contributed by atoms with Gasteiger partial charge in [0.05, 0.1) is 24.7 Å². The molecule has 1 amide bonds. The smallest absolute Gasteiger partial charge is 0.271 e. The molecule has 0 atom stereocenters. The number of para-hydroxylation sites is 2. The third kappa shape index (κ3) is 5.50. The van der Waals surface area contributed by atoms with Gasteiger partial charge in [0.15, 0.2) is 11.5 Å². The number of amides is 1. The first-order chi connectivity index (χ1) is 15.9. The molecule has 1 N–H and O–H groups in total. The number of nitrogens with zero attached hydrogens (tertiary/aromatic N) is 2. The lowest BCUT2D eigenvalue weighted by Crippen LogP contribution is -2.29. The van der Waals surface area contributed by atoms with E-state index in [2.05, 4.69) is 10.5 Å². The van der Waals surface area contributed by atoms with Gasteiger partial charge in [-0.15, -0.1) is 0 Å². The van der Waals surface area contributed by atoms with Gasteiger partial charge in [-0.05, 0) is 42.0 Å². The molecule has 3 aromatic rings. The second-order valence-corrected chi connectivity index (χ2v) is 9.28. The highest BCUT2D eigenvalue weighted by atomic mass is 32.2. The topological polar surface area (TPSA) is 97.3 Å². The number of hydrogen-bond donors (Lipinski definition) is 1. The molecule has 0 aliphatic carbocycles. The Morgan fingerprint density at radius 1 is 1.00 bits per heavy atom. The Morgan fingerprint density at radius 3 is 2.45 bits per heavy atom. The predicted octanol–water partition coefficient (Wildman–Crippen LogP) is 3.19. The van der Waals surface area contributed by atoms with Crippen LogP contribution in [-0.4, -0.2) is 40.0 Å². The first kappa shape index (κ1) is 22.3. The van der Waals surface area contributed by atoms with Crippen molar-refractivity contribution < 1.29 is 22.7 Å². The molecule has 3 aromatic carbocycles. The van der Waals surface area contributed by atoms with Crippen LogP contribution in [0.1, 0.15) is 21.5 Å². The summed E-state index contributed by atoms with van der Waals surface area (Å²) in [7, 11) is -3.47. The summed E-state index contributed by atoms with van der Waals surface area (Å²) in [6, 6.07) is 21.0. The molecule has 0 aromatic heterocycles. The second kappa shape index (κ2) is 9.74. The molecule has 1 aliphatic heterocycles. The number of fused-ring (bicyclic) bond motifs is 1. The van der Waals surface area contributed by atoms with Gasteiger partial charge < -0.3 is 9.47 Å². The van der Waals surface area contributed by atoms with E-state index in [0.717, 1.165) is 5.56 Å². The Hall–Kier alpha value is -3.85. The molecule has 4 rings (SSSR count). The first-order valence-corrected chi connectivity index (χ1v) is 12.1. The van der Waals surface area contributed by atoms with E-state index in [4.69, 9.17) is 9.47 Å². The van der Waals surface area contributed by atoms with Crippen molar-refractivity contribution in [2.75, 3.05) is 23.8 Å². The van der Waals surface area contributed by atoms with Crippen LogP contribution < -0.4 is 19.2 Å². The van der Waals surface area contributed by atoms with Crippen molar-refractivity contribution in [1.29, 1.82) is 0 Å². The van der Waals surface area contributed by atoms with Gasteiger partial charge in [0.1, 0.15) is 13.2 Å². The van der Waals surface area contributed by atoms with E-state index in [1.807, 2.05) is 24.3 Å². The number of benzene rings is 3. The molecule has 0 saturated carbocycles. The van der Waals surface area contributed by atoms with Crippen LogP contribution in [-0.2, 0) is 16.6 Å². The number of ether oxygens (including phenoxy) is 2. The molecule has 170 valence electrons. The SMILES string of the molecule is CS(=O)(=O)N(Cc1ccc(C(=O)N/N=C\c2cccc3c2OCCO3)cc1)c1ccccc1. The normalized spacial score (nSPS) is 13.0. The summed E-state index contributed by atoms with van der Waals surface area (Å²) in [5.74, 6) is 0.855. The van der Waals surface area contributed by atoms with Crippen LogP contribution in [0.15, 0.2) is 77.9 Å². The Kier molecular flexibility index (Phi) is 6.60. The second-order valence-electron chi connectivity index (χ2n) is 7.37. The van der Waals surface area contributed by atoms with Gasteiger partial charge in [0, 0.05) is 11.1 Å². The van der Waals surface area contributed by atoms with Gasteiger partial charge in [0.25, 0.3) is 5.91 Å². The standard InChI is InChI=1S/C24H23N3O5S/c1-33(29,30)27(21-7-3-2-4-8-21)17-18-10-12-19(13-11-18)24(28)26-25-16-20-6-5-9-22-23(20)32-15-14-31-22/h2-13,16H,14-15,17H2,1H3,(H,26,28)/b25-16-. The summed E-state index contributed by atoms with van der Waals surface area (Å²) < 4.78 is 37.0. The van der Waals surface area contributed by atoms with Crippen molar-refractivity contribution in [2.24, 2.45) is 5.10 Å². The first-order valence-electron chi connectivity index (χ1n) is 10.3. The third-order valence-corrected chi connectivity index (χ3v) is 6.09. The minimum Gasteiger partial charge on any atom is -0.486 e. The minimum atomic E-state index is -3.47. The maximum atomic E-state index is 12.5. The van der Waals surface area contributed by atoms with Gasteiger partial charge in [-0.2, -0.15) is 5.10 Å². The van der Waals surface area contributed by atoms with E-state index in [1.165, 1.54) is 16.8 Å². The quantitative estimate of drug-likeness (QED) is 0.427. The van der Waals surface area contributed by atoms with Gasteiger partial charge >= 0.3 is 0 Å². The van der Waals surface area contributed by atoms with Crippen LogP contribution >= 0.6 is 0 Å². The van der Waals surface area contributed by atoms with Crippen LogP contribution in [0.2, 0.25) is 0 Å². The summed E-state index contributed by atoms with van der Waals surface area (Å²) >= 11 is 0. The molecule has 1 aliphatic rings. The number of carbonyl (C=O) groups excluding carboxylic acids is 1. The fourth-order valence-corrected chi connectivity index (χ4v) is 4.23. The molecule has 0 fully saturated rings. The average molecular weight is 466 g/mol. The largest absolute Gasteiger partial charge is 0.486 e. The van der Waals surface area contributed by atoms with E-state index >= 15 is 0 Å². The van der Waals surface area contributed by atoms with E-state index in [-0.39, 0.29) is 12.5 Å². The third-order valence-electron chi connectivity index (χ3n) is 4.95. The Balaban J connectivity index is 1.42. The highest BCUT2D eigenvalue weighted by Crippen LogP contribution is 2.32. The predicted molar refractivity (Wildman–Crippen MR) is 126 cm³/mol.